The number of amides is 1. The van der Waals surface area contributed by atoms with Gasteiger partial charge in [0.05, 0.1) is 19.1 Å². The van der Waals surface area contributed by atoms with E-state index in [0.717, 1.165) is 23.6 Å². The molecule has 1 unspecified atom stereocenters. The summed E-state index contributed by atoms with van der Waals surface area (Å²) in [5, 5.41) is 9.41. The van der Waals surface area contributed by atoms with Crippen LogP contribution in [0, 0.1) is 11.6 Å². The molecular formula is C24H24ClF2NO3. The molecule has 1 atom stereocenters. The summed E-state index contributed by atoms with van der Waals surface area (Å²) in [7, 11) is 0. The van der Waals surface area contributed by atoms with Crippen molar-refractivity contribution in [2.75, 3.05) is 0 Å². The van der Waals surface area contributed by atoms with E-state index >= 15 is 0 Å². The standard InChI is InChI=1S/C18H20ClNO3.C6H4F2/c19-16-9-6-14(7-10-16)8-11-17(12-18(21)20-22)23-13-15-4-2-1-3-5-15;7-5-2-1-3-6(8)4-5/h1-7,9-10,17,22H,8,11-13H2,(H,20,21);1-4H. The fourth-order valence-electron chi connectivity index (χ4n) is 2.72. The number of halogens is 3. The fourth-order valence-corrected chi connectivity index (χ4v) is 2.85. The maximum Gasteiger partial charge on any atom is 0.245 e. The summed E-state index contributed by atoms with van der Waals surface area (Å²) in [4.78, 5) is 11.4. The maximum atomic E-state index is 11.9. The van der Waals surface area contributed by atoms with Crippen molar-refractivity contribution in [1.29, 1.82) is 0 Å². The van der Waals surface area contributed by atoms with E-state index in [4.69, 9.17) is 21.5 Å². The third-order valence-electron chi connectivity index (χ3n) is 4.32. The predicted octanol–water partition coefficient (Wildman–Crippen LogP) is 5.72. The Labute approximate surface area is 185 Å². The first-order chi connectivity index (χ1) is 15.0. The van der Waals surface area contributed by atoms with Gasteiger partial charge in [-0.15, -0.1) is 0 Å². The number of ether oxygens (including phenoxy) is 1. The van der Waals surface area contributed by atoms with Gasteiger partial charge in [0.15, 0.2) is 0 Å². The van der Waals surface area contributed by atoms with Crippen molar-refractivity contribution < 1.29 is 23.5 Å². The Bertz CT molecular complexity index is 906. The quantitative estimate of drug-likeness (QED) is 0.343. The minimum atomic E-state index is -0.537. The summed E-state index contributed by atoms with van der Waals surface area (Å²) in [5.74, 6) is -1.52. The van der Waals surface area contributed by atoms with E-state index < -0.39 is 17.5 Å². The highest BCUT2D eigenvalue weighted by molar-refractivity contribution is 6.30. The Balaban J connectivity index is 0.000000357. The minimum Gasteiger partial charge on any atom is -0.373 e. The van der Waals surface area contributed by atoms with Crippen molar-refractivity contribution in [3.63, 3.8) is 0 Å². The van der Waals surface area contributed by atoms with Crippen LogP contribution in [0.2, 0.25) is 5.02 Å². The average Bonchev–Trinajstić information content (AvgIpc) is 2.77. The van der Waals surface area contributed by atoms with Gasteiger partial charge >= 0.3 is 0 Å². The molecule has 3 aromatic carbocycles. The highest BCUT2D eigenvalue weighted by Gasteiger charge is 2.14. The van der Waals surface area contributed by atoms with Gasteiger partial charge in [-0.25, -0.2) is 14.3 Å². The van der Waals surface area contributed by atoms with E-state index in [2.05, 4.69) is 0 Å². The van der Waals surface area contributed by atoms with Crippen molar-refractivity contribution in [2.24, 2.45) is 0 Å². The van der Waals surface area contributed by atoms with Crippen LogP contribution in [0.1, 0.15) is 24.0 Å². The van der Waals surface area contributed by atoms with Gasteiger partial charge in [-0.1, -0.05) is 60.1 Å². The van der Waals surface area contributed by atoms with Crippen molar-refractivity contribution >= 4 is 17.5 Å². The number of carbonyl (C=O) groups excluding carboxylic acids is 1. The molecule has 0 bridgehead atoms. The maximum absolute atomic E-state index is 11.9. The summed E-state index contributed by atoms with van der Waals surface area (Å²) >= 11 is 5.87. The van der Waals surface area contributed by atoms with Crippen LogP contribution >= 0.6 is 11.6 Å². The number of aryl methyl sites for hydroxylation is 1. The van der Waals surface area contributed by atoms with Crippen LogP contribution in [0.15, 0.2) is 78.9 Å². The monoisotopic (exact) mass is 447 g/mol. The number of nitrogens with one attached hydrogen (secondary N) is 1. The molecule has 3 aromatic rings. The third-order valence-corrected chi connectivity index (χ3v) is 4.57. The zero-order valence-corrected chi connectivity index (χ0v) is 17.6. The lowest BCUT2D eigenvalue weighted by Gasteiger charge is -2.17. The molecule has 0 aliphatic carbocycles. The summed E-state index contributed by atoms with van der Waals surface area (Å²) in [5.41, 5.74) is 3.84. The molecule has 0 aliphatic rings. The number of hydrogen-bond donors (Lipinski definition) is 2. The molecule has 31 heavy (non-hydrogen) atoms. The first-order valence-electron chi connectivity index (χ1n) is 9.70. The lowest BCUT2D eigenvalue weighted by atomic mass is 10.0. The molecule has 1 amide bonds. The van der Waals surface area contributed by atoms with Gasteiger partial charge in [0.25, 0.3) is 0 Å². The van der Waals surface area contributed by atoms with E-state index in [1.807, 2.05) is 54.6 Å². The molecule has 0 aromatic heterocycles. The lowest BCUT2D eigenvalue weighted by Crippen LogP contribution is -2.26. The zero-order chi connectivity index (χ0) is 22.5. The second-order valence-corrected chi connectivity index (χ2v) is 7.20. The van der Waals surface area contributed by atoms with Gasteiger partial charge in [0, 0.05) is 11.1 Å². The van der Waals surface area contributed by atoms with Gasteiger partial charge in [-0.05, 0) is 48.2 Å². The minimum absolute atomic E-state index is 0.122. The highest BCUT2D eigenvalue weighted by atomic mass is 35.5. The molecule has 0 radical (unpaired) electrons. The molecule has 7 heteroatoms. The molecule has 0 aliphatic heterocycles. The Kier molecular flexibility index (Phi) is 10.6. The van der Waals surface area contributed by atoms with Gasteiger partial charge in [-0.2, -0.15) is 0 Å². The molecular weight excluding hydrogens is 424 g/mol. The van der Waals surface area contributed by atoms with Gasteiger partial charge < -0.3 is 4.74 Å². The van der Waals surface area contributed by atoms with Crippen LogP contribution in [0.25, 0.3) is 0 Å². The van der Waals surface area contributed by atoms with Crippen LogP contribution in [-0.4, -0.2) is 17.2 Å². The number of benzene rings is 3. The fraction of sp³-hybridized carbons (Fsp3) is 0.208. The molecule has 0 saturated carbocycles. The number of hydroxylamine groups is 1. The molecule has 2 N–H and O–H groups in total. The van der Waals surface area contributed by atoms with Crippen molar-refractivity contribution in [3.05, 3.63) is 107 Å². The number of hydrogen-bond acceptors (Lipinski definition) is 3. The number of rotatable bonds is 8. The second kappa shape index (κ2) is 13.5. The van der Waals surface area contributed by atoms with E-state index in [9.17, 15) is 13.6 Å². The topological polar surface area (TPSA) is 58.6 Å². The summed E-state index contributed by atoms with van der Waals surface area (Å²) in [6, 6.07) is 22.0. The first-order valence-corrected chi connectivity index (χ1v) is 10.1. The number of carbonyl (C=O) groups is 1. The highest BCUT2D eigenvalue weighted by Crippen LogP contribution is 2.15. The van der Waals surface area contributed by atoms with E-state index in [1.54, 1.807) is 5.48 Å². The summed E-state index contributed by atoms with van der Waals surface area (Å²) in [6.07, 6.45) is 1.31. The largest absolute Gasteiger partial charge is 0.373 e. The van der Waals surface area contributed by atoms with Gasteiger partial charge in [-0.3, -0.25) is 10.0 Å². The zero-order valence-electron chi connectivity index (χ0n) is 16.8. The van der Waals surface area contributed by atoms with Crippen LogP contribution in [-0.2, 0) is 22.6 Å². The Hall–Kier alpha value is -2.80. The average molecular weight is 448 g/mol. The molecule has 0 heterocycles. The van der Waals surface area contributed by atoms with Crippen molar-refractivity contribution in [3.8, 4) is 0 Å². The Morgan fingerprint density at radius 2 is 1.58 bits per heavy atom. The molecule has 3 rings (SSSR count). The van der Waals surface area contributed by atoms with E-state index in [0.29, 0.717) is 18.1 Å². The van der Waals surface area contributed by atoms with E-state index in [1.165, 1.54) is 18.2 Å². The lowest BCUT2D eigenvalue weighted by molar-refractivity contribution is -0.132. The van der Waals surface area contributed by atoms with Gasteiger partial charge in [0.1, 0.15) is 11.6 Å². The van der Waals surface area contributed by atoms with Gasteiger partial charge in [0.2, 0.25) is 5.91 Å². The van der Waals surface area contributed by atoms with Crippen LogP contribution < -0.4 is 5.48 Å². The first kappa shape index (κ1) is 24.5. The molecule has 0 saturated heterocycles. The smallest absolute Gasteiger partial charge is 0.245 e. The predicted molar refractivity (Wildman–Crippen MR) is 116 cm³/mol. The van der Waals surface area contributed by atoms with Crippen molar-refractivity contribution in [2.45, 2.75) is 32.0 Å². The normalized spacial score (nSPS) is 11.2. The third kappa shape index (κ3) is 10.2. The molecule has 164 valence electrons. The molecule has 0 spiro atoms. The SMILES string of the molecule is Fc1cccc(F)c1.O=C(CC(CCc1ccc(Cl)cc1)OCc1ccccc1)NO. The van der Waals surface area contributed by atoms with Crippen molar-refractivity contribution in [1.82, 2.24) is 5.48 Å². The Morgan fingerprint density at radius 3 is 2.13 bits per heavy atom. The summed E-state index contributed by atoms with van der Waals surface area (Å²) < 4.78 is 29.7. The Morgan fingerprint density at radius 1 is 0.935 bits per heavy atom. The molecule has 4 nitrogen and oxygen atoms in total. The second-order valence-electron chi connectivity index (χ2n) is 6.76. The molecule has 0 fully saturated rings. The van der Waals surface area contributed by atoms with E-state index in [-0.39, 0.29) is 12.5 Å². The van der Waals surface area contributed by atoms with Crippen LogP contribution in [0.4, 0.5) is 8.78 Å². The van der Waals surface area contributed by atoms with Crippen LogP contribution in [0.5, 0.6) is 0 Å². The summed E-state index contributed by atoms with van der Waals surface area (Å²) in [6.45, 7) is 0.435. The van der Waals surface area contributed by atoms with Crippen LogP contribution in [0.3, 0.4) is 0 Å².